The molecule has 2 aromatic rings. The van der Waals surface area contributed by atoms with E-state index >= 15 is 0 Å². The molecule has 2 aromatic carbocycles. The zero-order chi connectivity index (χ0) is 22.6. The van der Waals surface area contributed by atoms with Gasteiger partial charge >= 0.3 is 0 Å². The Bertz CT molecular complexity index is 864. The van der Waals surface area contributed by atoms with Crippen LogP contribution in [0.3, 0.4) is 0 Å². The third kappa shape index (κ3) is 8.58. The molecule has 0 heterocycles. The molecule has 0 unspecified atom stereocenters. The molecular formula is C24H34N4O3. The van der Waals surface area contributed by atoms with Crippen molar-refractivity contribution >= 4 is 11.9 Å². The summed E-state index contributed by atoms with van der Waals surface area (Å²) < 4.78 is 11.1. The van der Waals surface area contributed by atoms with Crippen molar-refractivity contribution in [3.63, 3.8) is 0 Å². The topological polar surface area (TPSA) is 84.0 Å². The maximum atomic E-state index is 12.2. The van der Waals surface area contributed by atoms with Gasteiger partial charge in [-0.3, -0.25) is 4.79 Å². The largest absolute Gasteiger partial charge is 0.497 e. The highest BCUT2D eigenvalue weighted by Gasteiger charge is 2.08. The molecule has 3 N–H and O–H groups in total. The summed E-state index contributed by atoms with van der Waals surface area (Å²) in [5, 5.41) is 9.15. The maximum Gasteiger partial charge on any atom is 0.239 e. The number of carbonyl (C=O) groups excluding carboxylic acids is 1. The van der Waals surface area contributed by atoms with Gasteiger partial charge in [-0.15, -0.1) is 0 Å². The van der Waals surface area contributed by atoms with Gasteiger partial charge in [-0.2, -0.15) is 0 Å². The first-order valence-corrected chi connectivity index (χ1v) is 10.6. The van der Waals surface area contributed by atoms with Crippen LogP contribution in [0.1, 0.15) is 37.5 Å². The number of ether oxygens (including phenoxy) is 2. The van der Waals surface area contributed by atoms with Gasteiger partial charge in [-0.05, 0) is 57.0 Å². The molecule has 2 rings (SSSR count). The van der Waals surface area contributed by atoms with Gasteiger partial charge in [-0.25, -0.2) is 4.99 Å². The standard InChI is InChI=1S/C24H34N4O3/c1-6-25-24(27-15-20-10-7-18(4)13-22(20)31-17(2)3)28-16-23(29)26-14-19-8-11-21(30-5)12-9-19/h7-13,17H,6,14-16H2,1-5H3,(H,26,29)(H2,25,27,28). The highest BCUT2D eigenvalue weighted by molar-refractivity contribution is 5.86. The number of carbonyl (C=O) groups is 1. The lowest BCUT2D eigenvalue weighted by atomic mass is 10.1. The molecule has 0 radical (unpaired) electrons. The number of amides is 1. The van der Waals surface area contributed by atoms with Crippen LogP contribution in [-0.4, -0.2) is 38.2 Å². The molecule has 0 atom stereocenters. The predicted octanol–water partition coefficient (Wildman–Crippen LogP) is 3.16. The lowest BCUT2D eigenvalue weighted by Crippen LogP contribution is -2.43. The van der Waals surface area contributed by atoms with Crippen LogP contribution >= 0.6 is 0 Å². The fourth-order valence-electron chi connectivity index (χ4n) is 2.83. The van der Waals surface area contributed by atoms with Gasteiger partial charge in [0.2, 0.25) is 5.91 Å². The van der Waals surface area contributed by atoms with Gasteiger partial charge in [0.05, 0.1) is 26.3 Å². The average Bonchev–Trinajstić information content (AvgIpc) is 2.75. The highest BCUT2D eigenvalue weighted by atomic mass is 16.5. The maximum absolute atomic E-state index is 12.2. The van der Waals surface area contributed by atoms with E-state index in [9.17, 15) is 4.79 Å². The molecule has 0 bridgehead atoms. The highest BCUT2D eigenvalue weighted by Crippen LogP contribution is 2.22. The van der Waals surface area contributed by atoms with Crippen molar-refractivity contribution < 1.29 is 14.3 Å². The summed E-state index contributed by atoms with van der Waals surface area (Å²) >= 11 is 0. The molecule has 0 saturated carbocycles. The van der Waals surface area contributed by atoms with Crippen LogP contribution < -0.4 is 25.4 Å². The van der Waals surface area contributed by atoms with E-state index in [2.05, 4.69) is 20.9 Å². The molecule has 0 aromatic heterocycles. The lowest BCUT2D eigenvalue weighted by molar-refractivity contribution is -0.120. The molecule has 0 aliphatic rings. The Morgan fingerprint density at radius 3 is 2.45 bits per heavy atom. The first-order valence-electron chi connectivity index (χ1n) is 10.6. The Hall–Kier alpha value is -3.22. The van der Waals surface area contributed by atoms with Gasteiger partial charge < -0.3 is 25.4 Å². The monoisotopic (exact) mass is 426 g/mol. The van der Waals surface area contributed by atoms with E-state index in [4.69, 9.17) is 9.47 Å². The van der Waals surface area contributed by atoms with Crippen molar-refractivity contribution in [2.75, 3.05) is 20.2 Å². The molecule has 0 saturated heterocycles. The minimum absolute atomic E-state index is 0.0882. The fourth-order valence-corrected chi connectivity index (χ4v) is 2.83. The van der Waals surface area contributed by atoms with Crippen LogP contribution in [0, 0.1) is 6.92 Å². The van der Waals surface area contributed by atoms with Crippen molar-refractivity contribution in [3.05, 3.63) is 59.2 Å². The number of aliphatic imine (C=N–C) groups is 1. The normalized spacial score (nSPS) is 11.2. The Kier molecular flexibility index (Phi) is 9.68. The van der Waals surface area contributed by atoms with Crippen LogP contribution in [0.25, 0.3) is 0 Å². The molecule has 7 heteroatoms. The lowest BCUT2D eigenvalue weighted by Gasteiger charge is -2.15. The second-order valence-electron chi connectivity index (χ2n) is 7.45. The van der Waals surface area contributed by atoms with Crippen LogP contribution in [0.5, 0.6) is 11.5 Å². The summed E-state index contributed by atoms with van der Waals surface area (Å²) in [7, 11) is 1.63. The Labute approximate surface area is 185 Å². The van der Waals surface area contributed by atoms with Crippen molar-refractivity contribution in [1.29, 1.82) is 0 Å². The number of rotatable bonds is 10. The fraction of sp³-hybridized carbons (Fsp3) is 0.417. The molecule has 1 amide bonds. The first kappa shape index (κ1) is 24.1. The van der Waals surface area contributed by atoms with E-state index in [1.54, 1.807) is 7.11 Å². The summed E-state index contributed by atoms with van der Waals surface area (Å²) in [6, 6.07) is 13.7. The third-order valence-corrected chi connectivity index (χ3v) is 4.40. The SMILES string of the molecule is CCNC(=NCc1ccc(C)cc1OC(C)C)NCC(=O)NCc1ccc(OC)cc1. The Balaban J connectivity index is 1.91. The minimum Gasteiger partial charge on any atom is -0.497 e. The molecule has 0 fully saturated rings. The van der Waals surface area contributed by atoms with Gasteiger partial charge in [-0.1, -0.05) is 24.3 Å². The molecule has 7 nitrogen and oxygen atoms in total. The van der Waals surface area contributed by atoms with E-state index in [1.165, 1.54) is 0 Å². The number of guanidine groups is 1. The quantitative estimate of drug-likeness (QED) is 0.401. The Morgan fingerprint density at radius 2 is 1.81 bits per heavy atom. The van der Waals surface area contributed by atoms with Crippen LogP contribution in [0.2, 0.25) is 0 Å². The number of benzene rings is 2. The van der Waals surface area contributed by atoms with E-state index in [-0.39, 0.29) is 18.6 Å². The zero-order valence-corrected chi connectivity index (χ0v) is 19.1. The molecule has 168 valence electrons. The average molecular weight is 427 g/mol. The van der Waals surface area contributed by atoms with Gasteiger partial charge in [0, 0.05) is 18.7 Å². The summed E-state index contributed by atoms with van der Waals surface area (Å²) in [6.07, 6.45) is 0.0882. The van der Waals surface area contributed by atoms with E-state index < -0.39 is 0 Å². The number of nitrogens with zero attached hydrogens (tertiary/aromatic N) is 1. The van der Waals surface area contributed by atoms with Gasteiger partial charge in [0.15, 0.2) is 5.96 Å². The van der Waals surface area contributed by atoms with Crippen LogP contribution in [0.15, 0.2) is 47.5 Å². The minimum atomic E-state index is -0.111. The second kappa shape index (κ2) is 12.5. The van der Waals surface area contributed by atoms with E-state index in [0.717, 1.165) is 28.2 Å². The third-order valence-electron chi connectivity index (χ3n) is 4.40. The number of aryl methyl sites for hydroxylation is 1. The Morgan fingerprint density at radius 1 is 1.06 bits per heavy atom. The summed E-state index contributed by atoms with van der Waals surface area (Å²) in [4.78, 5) is 16.8. The van der Waals surface area contributed by atoms with Crippen LogP contribution in [-0.2, 0) is 17.9 Å². The van der Waals surface area contributed by atoms with Crippen molar-refractivity contribution in [2.45, 2.75) is 46.9 Å². The van der Waals surface area contributed by atoms with Gasteiger partial charge in [0.1, 0.15) is 11.5 Å². The first-order chi connectivity index (χ1) is 14.9. The van der Waals surface area contributed by atoms with Crippen molar-refractivity contribution in [3.8, 4) is 11.5 Å². The summed E-state index contributed by atoms with van der Waals surface area (Å²) in [5.41, 5.74) is 3.15. The molecule has 0 aliphatic carbocycles. The van der Waals surface area contributed by atoms with Crippen molar-refractivity contribution in [1.82, 2.24) is 16.0 Å². The number of hydrogen-bond donors (Lipinski definition) is 3. The predicted molar refractivity (Wildman–Crippen MR) is 125 cm³/mol. The summed E-state index contributed by atoms with van der Waals surface area (Å²) in [6.45, 7) is 9.77. The van der Waals surface area contributed by atoms with E-state index in [1.807, 2.05) is 70.2 Å². The summed E-state index contributed by atoms with van der Waals surface area (Å²) in [5.74, 6) is 2.10. The van der Waals surface area contributed by atoms with E-state index in [0.29, 0.717) is 25.6 Å². The molecule has 0 spiro atoms. The zero-order valence-electron chi connectivity index (χ0n) is 19.1. The van der Waals surface area contributed by atoms with Crippen molar-refractivity contribution in [2.24, 2.45) is 4.99 Å². The number of methoxy groups -OCH3 is 1. The number of nitrogens with one attached hydrogen (secondary N) is 3. The molecule has 0 aliphatic heterocycles. The van der Waals surface area contributed by atoms with Gasteiger partial charge in [0.25, 0.3) is 0 Å². The van der Waals surface area contributed by atoms with Crippen LogP contribution in [0.4, 0.5) is 0 Å². The second-order valence-corrected chi connectivity index (χ2v) is 7.45. The smallest absolute Gasteiger partial charge is 0.239 e. The molecule has 31 heavy (non-hydrogen) atoms. The molecular weight excluding hydrogens is 392 g/mol. The number of hydrogen-bond acceptors (Lipinski definition) is 4.